The Kier molecular flexibility index (Phi) is 7.39. The first kappa shape index (κ1) is 19.8. The Morgan fingerprint density at radius 2 is 2.22 bits per heavy atom. The summed E-state index contributed by atoms with van der Waals surface area (Å²) < 4.78 is 28.0. The first-order valence-corrected chi connectivity index (χ1v) is 8.79. The summed E-state index contributed by atoms with van der Waals surface area (Å²) in [5.74, 6) is 1.65. The van der Waals surface area contributed by atoms with Crippen molar-refractivity contribution < 1.29 is 18.3 Å². The highest BCUT2D eigenvalue weighted by Crippen LogP contribution is 2.22. The summed E-state index contributed by atoms with van der Waals surface area (Å²) >= 11 is 0. The van der Waals surface area contributed by atoms with Gasteiger partial charge in [-0.15, -0.1) is 24.0 Å². The van der Waals surface area contributed by atoms with Crippen LogP contribution in [0.2, 0.25) is 0 Å². The molecule has 0 aromatic heterocycles. The zero-order chi connectivity index (χ0) is 16.2. The van der Waals surface area contributed by atoms with Crippen molar-refractivity contribution in [3.63, 3.8) is 0 Å². The number of rotatable bonds is 4. The smallest absolute Gasteiger partial charge is 0.191 e. The van der Waals surface area contributed by atoms with Gasteiger partial charge in [-0.25, -0.2) is 8.42 Å². The zero-order valence-electron chi connectivity index (χ0n) is 13.1. The van der Waals surface area contributed by atoms with Gasteiger partial charge in [-0.1, -0.05) is 0 Å². The van der Waals surface area contributed by atoms with Crippen LogP contribution in [0, 0.1) is 0 Å². The van der Waals surface area contributed by atoms with E-state index in [9.17, 15) is 13.5 Å². The molecule has 3 N–H and O–H groups in total. The zero-order valence-corrected chi connectivity index (χ0v) is 16.2. The molecule has 0 spiro atoms. The highest BCUT2D eigenvalue weighted by molar-refractivity contribution is 14.0. The van der Waals surface area contributed by atoms with Gasteiger partial charge in [0.25, 0.3) is 0 Å². The largest absolute Gasteiger partial charge is 0.508 e. The normalized spacial score (nSPS) is 19.7. The summed E-state index contributed by atoms with van der Waals surface area (Å²) in [6.07, 6.45) is 0.577. The average molecular weight is 455 g/mol. The van der Waals surface area contributed by atoms with Crippen molar-refractivity contribution in [2.24, 2.45) is 4.99 Å². The number of halogens is 1. The fraction of sp³-hybridized carbons (Fsp3) is 0.500. The van der Waals surface area contributed by atoms with Gasteiger partial charge in [0.2, 0.25) is 0 Å². The Morgan fingerprint density at radius 1 is 1.48 bits per heavy atom. The molecule has 1 heterocycles. The standard InChI is InChI=1S/C14H21N3O4S.HI/c1-15-14(17-11-5-6-22(19,20)9-11)16-8-10-7-12(21-2)3-4-13(10)18;/h3-4,7,11,18H,5-6,8-9H2,1-2H3,(H2,15,16,17);1H. The predicted molar refractivity (Wildman–Crippen MR) is 100 cm³/mol. The van der Waals surface area contributed by atoms with Crippen molar-refractivity contribution in [1.82, 2.24) is 10.6 Å². The van der Waals surface area contributed by atoms with Gasteiger partial charge in [-0.05, 0) is 24.6 Å². The number of sulfone groups is 1. The molecule has 1 unspecified atom stereocenters. The van der Waals surface area contributed by atoms with E-state index in [1.54, 1.807) is 32.4 Å². The predicted octanol–water partition coefficient (Wildman–Crippen LogP) is 0.871. The third kappa shape index (κ3) is 5.72. The average Bonchev–Trinajstić information content (AvgIpc) is 2.83. The van der Waals surface area contributed by atoms with Crippen LogP contribution in [0.1, 0.15) is 12.0 Å². The number of ether oxygens (including phenoxy) is 1. The van der Waals surface area contributed by atoms with Gasteiger partial charge in [-0.3, -0.25) is 4.99 Å². The molecule has 1 aliphatic rings. The SMILES string of the molecule is CN=C(NCc1cc(OC)ccc1O)NC1CCS(=O)(=O)C1.I. The van der Waals surface area contributed by atoms with E-state index in [0.29, 0.717) is 30.2 Å². The monoisotopic (exact) mass is 455 g/mol. The summed E-state index contributed by atoms with van der Waals surface area (Å²) in [6, 6.07) is 4.84. The number of methoxy groups -OCH3 is 1. The van der Waals surface area contributed by atoms with E-state index < -0.39 is 9.84 Å². The van der Waals surface area contributed by atoms with E-state index in [1.165, 1.54) is 0 Å². The van der Waals surface area contributed by atoms with Gasteiger partial charge >= 0.3 is 0 Å². The molecule has 0 amide bonds. The number of phenolic OH excluding ortho intramolecular Hbond substituents is 1. The summed E-state index contributed by atoms with van der Waals surface area (Å²) in [4.78, 5) is 4.07. The molecule has 2 rings (SSSR count). The van der Waals surface area contributed by atoms with Gasteiger partial charge in [0.05, 0.1) is 18.6 Å². The molecular formula is C14H22IN3O4S. The van der Waals surface area contributed by atoms with E-state index in [-0.39, 0.29) is 47.3 Å². The first-order chi connectivity index (χ1) is 10.4. The number of nitrogens with one attached hydrogen (secondary N) is 2. The van der Waals surface area contributed by atoms with Crippen LogP contribution in [0.15, 0.2) is 23.2 Å². The van der Waals surface area contributed by atoms with E-state index in [4.69, 9.17) is 4.74 Å². The molecular weight excluding hydrogens is 433 g/mol. The molecule has 1 aliphatic heterocycles. The number of hydrogen-bond donors (Lipinski definition) is 3. The Bertz CT molecular complexity index is 664. The van der Waals surface area contributed by atoms with Crippen LogP contribution >= 0.6 is 24.0 Å². The van der Waals surface area contributed by atoms with Crippen LogP contribution in [0.25, 0.3) is 0 Å². The molecule has 0 bridgehead atoms. The maximum absolute atomic E-state index is 11.5. The molecule has 0 radical (unpaired) electrons. The van der Waals surface area contributed by atoms with Crippen LogP contribution in [-0.2, 0) is 16.4 Å². The van der Waals surface area contributed by atoms with Crippen LogP contribution in [0.4, 0.5) is 0 Å². The van der Waals surface area contributed by atoms with Gasteiger partial charge in [0.1, 0.15) is 11.5 Å². The lowest BCUT2D eigenvalue weighted by atomic mass is 10.2. The maximum Gasteiger partial charge on any atom is 0.191 e. The lowest BCUT2D eigenvalue weighted by Crippen LogP contribution is -2.43. The summed E-state index contributed by atoms with van der Waals surface area (Å²) in [5, 5.41) is 16.0. The van der Waals surface area contributed by atoms with E-state index in [0.717, 1.165) is 0 Å². The van der Waals surface area contributed by atoms with Crippen LogP contribution < -0.4 is 15.4 Å². The van der Waals surface area contributed by atoms with E-state index in [2.05, 4.69) is 15.6 Å². The Hall–Kier alpha value is -1.23. The minimum absolute atomic E-state index is 0. The Balaban J connectivity index is 0.00000264. The summed E-state index contributed by atoms with van der Waals surface area (Å²) in [7, 11) is 0.241. The molecule has 130 valence electrons. The van der Waals surface area contributed by atoms with Gasteiger partial charge in [0, 0.05) is 25.2 Å². The molecule has 1 aromatic rings. The second-order valence-corrected chi connectivity index (χ2v) is 7.39. The molecule has 1 atom stereocenters. The third-order valence-electron chi connectivity index (χ3n) is 3.53. The number of nitrogens with zero attached hydrogens (tertiary/aromatic N) is 1. The van der Waals surface area contributed by atoms with Gasteiger partial charge in [-0.2, -0.15) is 0 Å². The molecule has 23 heavy (non-hydrogen) atoms. The lowest BCUT2D eigenvalue weighted by molar-refractivity contribution is 0.410. The highest BCUT2D eigenvalue weighted by Gasteiger charge is 2.28. The Morgan fingerprint density at radius 3 is 2.78 bits per heavy atom. The van der Waals surface area contributed by atoms with Crippen molar-refractivity contribution in [3.05, 3.63) is 23.8 Å². The van der Waals surface area contributed by atoms with Crippen molar-refractivity contribution >= 4 is 39.8 Å². The quantitative estimate of drug-likeness (QED) is 0.354. The van der Waals surface area contributed by atoms with Crippen molar-refractivity contribution in [2.45, 2.75) is 19.0 Å². The number of benzene rings is 1. The second kappa shape index (κ2) is 8.57. The van der Waals surface area contributed by atoms with E-state index >= 15 is 0 Å². The van der Waals surface area contributed by atoms with Crippen molar-refractivity contribution in [3.8, 4) is 11.5 Å². The number of aromatic hydroxyl groups is 1. The van der Waals surface area contributed by atoms with Crippen molar-refractivity contribution in [1.29, 1.82) is 0 Å². The van der Waals surface area contributed by atoms with Crippen LogP contribution in [-0.4, -0.2) is 51.2 Å². The minimum Gasteiger partial charge on any atom is -0.508 e. The third-order valence-corrected chi connectivity index (χ3v) is 5.30. The minimum atomic E-state index is -2.93. The van der Waals surface area contributed by atoms with Gasteiger partial charge in [0.15, 0.2) is 15.8 Å². The fourth-order valence-electron chi connectivity index (χ4n) is 2.31. The highest BCUT2D eigenvalue weighted by atomic mass is 127. The molecule has 9 heteroatoms. The number of hydrogen-bond acceptors (Lipinski definition) is 5. The maximum atomic E-state index is 11.5. The summed E-state index contributed by atoms with van der Waals surface area (Å²) in [6.45, 7) is 0.349. The van der Waals surface area contributed by atoms with Crippen molar-refractivity contribution in [2.75, 3.05) is 25.7 Å². The number of guanidine groups is 1. The topological polar surface area (TPSA) is 100 Å². The second-order valence-electron chi connectivity index (χ2n) is 5.16. The molecule has 0 aliphatic carbocycles. The molecule has 1 fully saturated rings. The Labute approximate surface area is 153 Å². The van der Waals surface area contributed by atoms with Gasteiger partial charge < -0.3 is 20.5 Å². The first-order valence-electron chi connectivity index (χ1n) is 6.97. The lowest BCUT2D eigenvalue weighted by Gasteiger charge is -2.16. The molecule has 7 nitrogen and oxygen atoms in total. The fourth-order valence-corrected chi connectivity index (χ4v) is 3.98. The van der Waals surface area contributed by atoms with E-state index in [1.807, 2.05) is 0 Å². The molecule has 0 saturated carbocycles. The molecule has 1 aromatic carbocycles. The summed E-state index contributed by atoms with van der Waals surface area (Å²) in [5.41, 5.74) is 0.668. The number of aliphatic imine (C=N–C) groups is 1. The van der Waals surface area contributed by atoms with Crippen LogP contribution in [0.3, 0.4) is 0 Å². The molecule has 1 saturated heterocycles. The van der Waals surface area contributed by atoms with Crippen LogP contribution in [0.5, 0.6) is 11.5 Å². The number of phenols is 1.